The largest absolute Gasteiger partial charge is 0.394 e. The van der Waals surface area contributed by atoms with E-state index in [1.807, 2.05) is 54.2 Å². The Hall–Kier alpha value is -3.03. The van der Waals surface area contributed by atoms with E-state index in [1.165, 1.54) is 0 Å². The van der Waals surface area contributed by atoms with Gasteiger partial charge in [0.25, 0.3) is 5.91 Å². The zero-order valence-electron chi connectivity index (χ0n) is 18.1. The summed E-state index contributed by atoms with van der Waals surface area (Å²) in [6.07, 6.45) is 3.60. The van der Waals surface area contributed by atoms with Crippen molar-refractivity contribution in [1.82, 2.24) is 20.1 Å². The highest BCUT2D eigenvalue weighted by molar-refractivity contribution is 5.97. The highest BCUT2D eigenvalue weighted by atomic mass is 16.5. The topological polar surface area (TPSA) is 89.3 Å². The molecule has 3 heterocycles. The molecule has 7 heteroatoms. The Kier molecular flexibility index (Phi) is 5.89. The fraction of sp³-hybridized carbons (Fsp3) is 0.375. The Morgan fingerprint density at radius 2 is 2.03 bits per heavy atom. The standard InChI is InChI=1S/C24H28N4O3/c1-16-4-5-21(25-11-16)18-8-19(10-20(9-18)23(30)27-17(2)12-29)22-6-7-26-28(22)13-24(3)14-31-15-24/h4-11,17,29H,12-15H2,1-3H3,(H,27,30)/t17-/m0/s1. The Bertz CT molecular complexity index is 1070. The first-order chi connectivity index (χ1) is 14.9. The van der Waals surface area contributed by atoms with Crippen molar-refractivity contribution >= 4 is 5.91 Å². The molecule has 3 aromatic rings. The number of hydrogen-bond acceptors (Lipinski definition) is 5. The first kappa shape index (κ1) is 21.2. The zero-order valence-corrected chi connectivity index (χ0v) is 18.1. The summed E-state index contributed by atoms with van der Waals surface area (Å²) in [7, 11) is 0. The number of hydrogen-bond donors (Lipinski definition) is 2. The van der Waals surface area contributed by atoms with E-state index in [9.17, 15) is 9.90 Å². The second-order valence-electron chi connectivity index (χ2n) is 8.75. The molecule has 7 nitrogen and oxygen atoms in total. The van der Waals surface area contributed by atoms with Gasteiger partial charge in [-0.15, -0.1) is 0 Å². The summed E-state index contributed by atoms with van der Waals surface area (Å²) in [6, 6.07) is 11.3. The molecule has 31 heavy (non-hydrogen) atoms. The fourth-order valence-electron chi connectivity index (χ4n) is 3.65. The molecule has 0 unspecified atom stereocenters. The highest BCUT2D eigenvalue weighted by Crippen LogP contribution is 2.32. The molecule has 1 aliphatic heterocycles. The van der Waals surface area contributed by atoms with E-state index in [1.54, 1.807) is 13.1 Å². The minimum absolute atomic E-state index is 0.0632. The monoisotopic (exact) mass is 420 g/mol. The minimum Gasteiger partial charge on any atom is -0.394 e. The molecule has 1 aromatic carbocycles. The van der Waals surface area contributed by atoms with E-state index in [4.69, 9.17) is 4.74 Å². The van der Waals surface area contributed by atoms with Crippen molar-refractivity contribution in [3.8, 4) is 22.5 Å². The van der Waals surface area contributed by atoms with Crippen molar-refractivity contribution in [2.24, 2.45) is 5.41 Å². The Labute approximate surface area is 182 Å². The number of rotatable bonds is 7. The zero-order chi connectivity index (χ0) is 22.0. The first-order valence-corrected chi connectivity index (χ1v) is 10.5. The molecule has 0 radical (unpaired) electrons. The van der Waals surface area contributed by atoms with Gasteiger partial charge in [-0.25, -0.2) is 0 Å². The van der Waals surface area contributed by atoms with Crippen molar-refractivity contribution in [2.45, 2.75) is 33.4 Å². The van der Waals surface area contributed by atoms with Crippen LogP contribution in [0.1, 0.15) is 29.8 Å². The number of amides is 1. The first-order valence-electron chi connectivity index (χ1n) is 10.5. The maximum absolute atomic E-state index is 12.9. The maximum Gasteiger partial charge on any atom is 0.251 e. The van der Waals surface area contributed by atoms with Gasteiger partial charge >= 0.3 is 0 Å². The van der Waals surface area contributed by atoms with E-state index in [2.05, 4.69) is 22.3 Å². The lowest BCUT2D eigenvalue weighted by Crippen LogP contribution is -2.43. The number of carbonyl (C=O) groups excluding carboxylic acids is 1. The molecule has 0 saturated carbocycles. The molecule has 1 amide bonds. The summed E-state index contributed by atoms with van der Waals surface area (Å²) >= 11 is 0. The molecule has 0 aliphatic carbocycles. The fourth-order valence-corrected chi connectivity index (χ4v) is 3.65. The van der Waals surface area contributed by atoms with Gasteiger partial charge in [-0.3, -0.25) is 14.5 Å². The molecular weight excluding hydrogens is 392 g/mol. The Morgan fingerprint density at radius 1 is 1.26 bits per heavy atom. The molecule has 1 aliphatic rings. The van der Waals surface area contributed by atoms with Gasteiger partial charge in [-0.05, 0) is 49.7 Å². The number of aromatic nitrogens is 3. The number of ether oxygens (including phenoxy) is 1. The lowest BCUT2D eigenvalue weighted by atomic mass is 9.88. The molecule has 4 rings (SSSR count). The molecule has 1 fully saturated rings. The number of benzene rings is 1. The lowest BCUT2D eigenvalue weighted by molar-refractivity contribution is -0.111. The van der Waals surface area contributed by atoms with Crippen LogP contribution in [0.2, 0.25) is 0 Å². The summed E-state index contributed by atoms with van der Waals surface area (Å²) in [5.74, 6) is -0.234. The third kappa shape index (κ3) is 4.68. The number of nitrogens with one attached hydrogen (secondary N) is 1. The number of aliphatic hydroxyl groups is 1. The second-order valence-corrected chi connectivity index (χ2v) is 8.75. The van der Waals surface area contributed by atoms with Crippen LogP contribution >= 0.6 is 0 Å². The molecule has 2 N–H and O–H groups in total. The Balaban J connectivity index is 1.76. The van der Waals surface area contributed by atoms with Gasteiger partial charge < -0.3 is 15.2 Å². The van der Waals surface area contributed by atoms with Gasteiger partial charge in [-0.2, -0.15) is 5.10 Å². The average Bonchev–Trinajstić information content (AvgIpc) is 3.20. The van der Waals surface area contributed by atoms with E-state index in [-0.39, 0.29) is 24.0 Å². The van der Waals surface area contributed by atoms with Crippen LogP contribution in [0.5, 0.6) is 0 Å². The third-order valence-corrected chi connectivity index (χ3v) is 5.50. The van der Waals surface area contributed by atoms with Crippen LogP contribution in [0.25, 0.3) is 22.5 Å². The lowest BCUT2D eigenvalue weighted by Gasteiger charge is -2.38. The molecule has 2 aromatic heterocycles. The van der Waals surface area contributed by atoms with Gasteiger partial charge in [0.1, 0.15) is 0 Å². The van der Waals surface area contributed by atoms with Crippen LogP contribution in [0.4, 0.5) is 0 Å². The van der Waals surface area contributed by atoms with Crippen LogP contribution < -0.4 is 5.32 Å². The van der Waals surface area contributed by atoms with Crippen LogP contribution in [-0.4, -0.2) is 51.6 Å². The number of aryl methyl sites for hydroxylation is 1. The smallest absolute Gasteiger partial charge is 0.251 e. The number of pyridine rings is 1. The third-order valence-electron chi connectivity index (χ3n) is 5.50. The van der Waals surface area contributed by atoms with E-state index < -0.39 is 0 Å². The molecular formula is C24H28N4O3. The number of nitrogens with zero attached hydrogens (tertiary/aromatic N) is 3. The van der Waals surface area contributed by atoms with Crippen LogP contribution in [0.3, 0.4) is 0 Å². The van der Waals surface area contributed by atoms with Crippen LogP contribution in [-0.2, 0) is 11.3 Å². The van der Waals surface area contributed by atoms with Crippen LogP contribution in [0, 0.1) is 12.3 Å². The van der Waals surface area contributed by atoms with E-state index in [0.29, 0.717) is 18.8 Å². The summed E-state index contributed by atoms with van der Waals surface area (Å²) < 4.78 is 7.37. The quantitative estimate of drug-likeness (QED) is 0.613. The van der Waals surface area contributed by atoms with E-state index >= 15 is 0 Å². The molecule has 0 bridgehead atoms. The molecule has 1 atom stereocenters. The second kappa shape index (κ2) is 8.61. The van der Waals surface area contributed by atoms with E-state index in [0.717, 1.165) is 34.6 Å². The summed E-state index contributed by atoms with van der Waals surface area (Å²) in [4.78, 5) is 17.4. The average molecular weight is 421 g/mol. The minimum atomic E-state index is -0.332. The summed E-state index contributed by atoms with van der Waals surface area (Å²) in [6.45, 7) is 7.99. The summed E-state index contributed by atoms with van der Waals surface area (Å²) in [5, 5.41) is 16.7. The summed E-state index contributed by atoms with van der Waals surface area (Å²) in [5.41, 5.74) is 5.12. The molecule has 162 valence electrons. The van der Waals surface area contributed by atoms with Crippen LogP contribution in [0.15, 0.2) is 48.8 Å². The predicted molar refractivity (Wildman–Crippen MR) is 119 cm³/mol. The highest BCUT2D eigenvalue weighted by Gasteiger charge is 2.34. The SMILES string of the molecule is Cc1ccc(-c2cc(C(=O)N[C@@H](C)CO)cc(-c3ccnn3CC3(C)COC3)c2)nc1. The maximum atomic E-state index is 12.9. The van der Waals surface area contributed by atoms with Gasteiger partial charge in [0.05, 0.1) is 37.8 Å². The number of carbonyl (C=O) groups is 1. The van der Waals surface area contributed by atoms with Crippen molar-refractivity contribution < 1.29 is 14.6 Å². The van der Waals surface area contributed by atoms with Crippen molar-refractivity contribution in [3.63, 3.8) is 0 Å². The predicted octanol–water partition coefficient (Wildman–Crippen LogP) is 3.07. The van der Waals surface area contributed by atoms with Gasteiger partial charge in [0.15, 0.2) is 0 Å². The molecule has 0 spiro atoms. The van der Waals surface area contributed by atoms with Crippen molar-refractivity contribution in [1.29, 1.82) is 0 Å². The van der Waals surface area contributed by atoms with Crippen molar-refractivity contribution in [3.05, 3.63) is 59.9 Å². The normalized spacial score (nSPS) is 15.9. The Morgan fingerprint density at radius 3 is 2.68 bits per heavy atom. The van der Waals surface area contributed by atoms with Gasteiger partial charge in [0, 0.05) is 40.5 Å². The molecule has 1 saturated heterocycles. The number of aliphatic hydroxyl groups excluding tert-OH is 1. The van der Waals surface area contributed by atoms with Gasteiger partial charge in [0.2, 0.25) is 0 Å². The van der Waals surface area contributed by atoms with Gasteiger partial charge in [-0.1, -0.05) is 13.0 Å². The van der Waals surface area contributed by atoms with Crippen molar-refractivity contribution in [2.75, 3.05) is 19.8 Å².